The second kappa shape index (κ2) is 15.6. The Morgan fingerprint density at radius 2 is 1.64 bits per heavy atom. The monoisotopic (exact) mass is 835 g/mol. The summed E-state index contributed by atoms with van der Waals surface area (Å²) in [7, 11) is -1.09. The van der Waals surface area contributed by atoms with E-state index in [0.29, 0.717) is 11.3 Å². The van der Waals surface area contributed by atoms with E-state index < -0.39 is 72.1 Å². The van der Waals surface area contributed by atoms with Gasteiger partial charge < -0.3 is 28.6 Å². The number of rotatable bonds is 8. The Bertz CT molecular complexity index is 2390. The number of piperazine rings is 1. The number of halogens is 3. The van der Waals surface area contributed by atoms with Gasteiger partial charge in [0.2, 0.25) is 0 Å². The van der Waals surface area contributed by atoms with Crippen molar-refractivity contribution in [2.75, 3.05) is 43.2 Å². The number of anilines is 2. The van der Waals surface area contributed by atoms with Crippen molar-refractivity contribution in [3.05, 3.63) is 75.6 Å². The van der Waals surface area contributed by atoms with Gasteiger partial charge in [-0.2, -0.15) is 0 Å². The smallest absolute Gasteiger partial charge is 0.410 e. The summed E-state index contributed by atoms with van der Waals surface area (Å²) >= 11 is 0. The maximum Gasteiger partial charge on any atom is 0.410 e. The van der Waals surface area contributed by atoms with Crippen molar-refractivity contribution in [2.24, 2.45) is 0 Å². The molecule has 1 saturated heterocycles. The van der Waals surface area contributed by atoms with Gasteiger partial charge in [-0.1, -0.05) is 40.7 Å². The third-order valence-corrected chi connectivity index (χ3v) is 16.3. The van der Waals surface area contributed by atoms with Gasteiger partial charge in [0, 0.05) is 30.7 Å². The molecule has 0 N–H and O–H groups in total. The van der Waals surface area contributed by atoms with Crippen LogP contribution < -0.4 is 20.1 Å². The standard InChI is InChI=1S/C44H56F3N5O6Si/c1-24(2)35-36(25(3)17-18-48-35)52-37-27(21-29(46)33(34(37)47)32-28(45)15-14-16-31(32)56-11)38-39(41(52)54)49(19-20-57-59(12,13)44(8,9)10)40(53)30-23-50(26(4)22-51(30)38)42(55)58-43(5,6)7/h14-18,21,24,26,30H,19-20,22-23H2,1-13H3/t26-,30-/m1/s1. The fourth-order valence-corrected chi connectivity index (χ4v) is 8.79. The molecule has 0 spiro atoms. The summed E-state index contributed by atoms with van der Waals surface area (Å²) in [5.74, 6) is -4.11. The van der Waals surface area contributed by atoms with Crippen LogP contribution in [-0.2, 0) is 14.0 Å². The molecule has 4 aromatic rings. The van der Waals surface area contributed by atoms with Crippen LogP contribution >= 0.6 is 0 Å². The second-order valence-corrected chi connectivity index (χ2v) is 23.2. The maximum atomic E-state index is 17.9. The van der Waals surface area contributed by atoms with Crippen molar-refractivity contribution in [2.45, 2.75) is 111 Å². The molecule has 15 heteroatoms. The average Bonchev–Trinajstić information content (AvgIpc) is 3.12. The van der Waals surface area contributed by atoms with E-state index >= 15 is 18.0 Å². The molecule has 2 amide bonds. The number of methoxy groups -OCH3 is 1. The van der Waals surface area contributed by atoms with Gasteiger partial charge in [0.1, 0.15) is 34.7 Å². The van der Waals surface area contributed by atoms with Crippen LogP contribution in [0.15, 0.2) is 41.3 Å². The van der Waals surface area contributed by atoms with Crippen molar-refractivity contribution >= 4 is 42.6 Å². The number of hydrogen-bond acceptors (Lipinski definition) is 8. The molecular formula is C44H56F3N5O6Si. The molecule has 6 rings (SSSR count). The Morgan fingerprint density at radius 1 is 0.966 bits per heavy atom. The molecule has 0 unspecified atom stereocenters. The number of benzene rings is 2. The SMILES string of the molecule is COc1cccc(F)c1-c1c(F)cc2c3c(c(=O)n(-c4c(C)ccnc4C(C)C)c2c1F)N(CCO[Si](C)(C)C(C)(C)C)C(=O)[C@H]1CN(C(=O)OC(C)(C)C)[C@H](C)CN31. The van der Waals surface area contributed by atoms with Crippen LogP contribution in [0.1, 0.15) is 79.5 Å². The first-order valence-electron chi connectivity index (χ1n) is 20.0. The molecule has 2 aliphatic heterocycles. The zero-order valence-electron chi connectivity index (χ0n) is 36.3. The highest BCUT2D eigenvalue weighted by atomic mass is 28.4. The van der Waals surface area contributed by atoms with Crippen LogP contribution in [-0.4, -0.2) is 85.8 Å². The summed E-state index contributed by atoms with van der Waals surface area (Å²) < 4.78 is 69.4. The van der Waals surface area contributed by atoms with Gasteiger partial charge >= 0.3 is 6.09 Å². The molecule has 1 fully saturated rings. The van der Waals surface area contributed by atoms with Crippen molar-refractivity contribution in [3.63, 3.8) is 0 Å². The Kier molecular flexibility index (Phi) is 11.6. The number of amides is 2. The lowest BCUT2D eigenvalue weighted by molar-refractivity contribution is -0.121. The third-order valence-electron chi connectivity index (χ3n) is 11.7. The first-order chi connectivity index (χ1) is 27.4. The third kappa shape index (κ3) is 7.71. The minimum absolute atomic E-state index is 0.0187. The Morgan fingerprint density at radius 3 is 2.25 bits per heavy atom. The van der Waals surface area contributed by atoms with Gasteiger partial charge in [-0.15, -0.1) is 0 Å². The fourth-order valence-electron chi connectivity index (χ4n) is 7.75. The number of pyridine rings is 2. The summed E-state index contributed by atoms with van der Waals surface area (Å²) in [5, 5.41) is -0.194. The van der Waals surface area contributed by atoms with Gasteiger partial charge in [0.25, 0.3) is 11.5 Å². The van der Waals surface area contributed by atoms with Gasteiger partial charge in [-0.3, -0.25) is 19.1 Å². The summed E-state index contributed by atoms with van der Waals surface area (Å²) in [6, 6.07) is 5.00. The molecule has 318 valence electrons. The summed E-state index contributed by atoms with van der Waals surface area (Å²) in [5.41, 5.74) is -1.79. The highest BCUT2D eigenvalue weighted by molar-refractivity contribution is 6.74. The number of aryl methyl sites for hydroxylation is 1. The highest BCUT2D eigenvalue weighted by Crippen LogP contribution is 2.47. The molecule has 0 bridgehead atoms. The molecule has 2 aromatic heterocycles. The molecule has 59 heavy (non-hydrogen) atoms. The second-order valence-electron chi connectivity index (χ2n) is 18.4. The topological polar surface area (TPSA) is 106 Å². The quantitative estimate of drug-likeness (QED) is 0.162. The molecule has 4 heterocycles. The number of carbonyl (C=O) groups is 2. The number of carbonyl (C=O) groups excluding carboxylic acids is 2. The largest absolute Gasteiger partial charge is 0.496 e. The molecule has 2 aliphatic rings. The zero-order chi connectivity index (χ0) is 43.7. The lowest BCUT2D eigenvalue weighted by Gasteiger charge is -2.50. The lowest BCUT2D eigenvalue weighted by Crippen LogP contribution is -2.67. The van der Waals surface area contributed by atoms with Crippen LogP contribution in [0.3, 0.4) is 0 Å². The molecular weight excluding hydrogens is 780 g/mol. The molecule has 11 nitrogen and oxygen atoms in total. The summed E-state index contributed by atoms with van der Waals surface area (Å²) in [6.45, 7) is 22.9. The van der Waals surface area contributed by atoms with Crippen molar-refractivity contribution < 1.29 is 36.7 Å². The number of fused-ring (bicyclic) bond motifs is 5. The van der Waals surface area contributed by atoms with Crippen molar-refractivity contribution in [1.82, 2.24) is 14.5 Å². The predicted octanol–water partition coefficient (Wildman–Crippen LogP) is 9.09. The molecule has 0 saturated carbocycles. The van der Waals surface area contributed by atoms with Gasteiger partial charge in [0.05, 0.1) is 54.0 Å². The lowest BCUT2D eigenvalue weighted by atomic mass is 9.94. The van der Waals surface area contributed by atoms with E-state index in [0.717, 1.165) is 16.7 Å². The fraction of sp³-hybridized carbons (Fsp3) is 0.500. The Hall–Kier alpha value is -4.89. The van der Waals surface area contributed by atoms with Crippen LogP contribution in [0, 0.1) is 24.4 Å². The van der Waals surface area contributed by atoms with Gasteiger partial charge in [-0.05, 0) is 88.5 Å². The first-order valence-corrected chi connectivity index (χ1v) is 22.9. The summed E-state index contributed by atoms with van der Waals surface area (Å²) in [4.78, 5) is 53.3. The van der Waals surface area contributed by atoms with Crippen LogP contribution in [0.4, 0.5) is 29.3 Å². The van der Waals surface area contributed by atoms with E-state index in [1.54, 1.807) is 51.8 Å². The van der Waals surface area contributed by atoms with E-state index in [1.807, 2.05) is 13.8 Å². The van der Waals surface area contributed by atoms with Crippen LogP contribution in [0.5, 0.6) is 5.75 Å². The van der Waals surface area contributed by atoms with Crippen LogP contribution in [0.25, 0.3) is 27.7 Å². The molecule has 2 atom stereocenters. The highest BCUT2D eigenvalue weighted by Gasteiger charge is 2.49. The Labute approximate surface area is 345 Å². The van der Waals surface area contributed by atoms with Crippen LogP contribution in [0.2, 0.25) is 18.1 Å². The molecule has 0 aliphatic carbocycles. The maximum absolute atomic E-state index is 17.9. The van der Waals surface area contributed by atoms with E-state index in [-0.39, 0.29) is 70.9 Å². The normalized spacial score (nSPS) is 17.4. The first kappa shape index (κ1) is 43.7. The summed E-state index contributed by atoms with van der Waals surface area (Å²) in [6.07, 6.45) is 0.973. The van der Waals surface area contributed by atoms with Crippen molar-refractivity contribution in [1.29, 1.82) is 0 Å². The number of aromatic nitrogens is 2. The molecule has 0 radical (unpaired) electrons. The van der Waals surface area contributed by atoms with Gasteiger partial charge in [0.15, 0.2) is 14.1 Å². The van der Waals surface area contributed by atoms with E-state index in [4.69, 9.17) is 13.9 Å². The van der Waals surface area contributed by atoms with Gasteiger partial charge in [-0.25, -0.2) is 18.0 Å². The van der Waals surface area contributed by atoms with E-state index in [1.165, 1.54) is 29.0 Å². The number of nitrogens with zero attached hydrogens (tertiary/aromatic N) is 5. The predicted molar refractivity (Wildman–Crippen MR) is 227 cm³/mol. The molecule has 2 aromatic carbocycles. The van der Waals surface area contributed by atoms with E-state index in [2.05, 4.69) is 38.8 Å². The average molecular weight is 836 g/mol. The minimum atomic E-state index is -2.36. The number of hydrogen-bond donors (Lipinski definition) is 0. The minimum Gasteiger partial charge on any atom is -0.496 e. The number of ether oxygens (including phenoxy) is 2. The Balaban J connectivity index is 1.73. The van der Waals surface area contributed by atoms with Crippen molar-refractivity contribution in [3.8, 4) is 22.6 Å². The van der Waals surface area contributed by atoms with E-state index in [9.17, 15) is 9.59 Å². The zero-order valence-corrected chi connectivity index (χ0v) is 37.3.